The number of carbonyl (C=O) groups is 2. The second-order valence-corrected chi connectivity index (χ2v) is 8.89. The number of hydrogen-bond donors (Lipinski definition) is 1. The number of hydrogen-bond acceptors (Lipinski definition) is 4. The number of carbonyl (C=O) groups excluding carboxylic acids is 2. The normalized spacial score (nSPS) is 23.3. The van der Waals surface area contributed by atoms with Crippen LogP contribution in [0.4, 0.5) is 5.69 Å². The van der Waals surface area contributed by atoms with E-state index in [1.807, 2.05) is 37.5 Å². The molecule has 2 aliphatic rings. The van der Waals surface area contributed by atoms with Gasteiger partial charge >= 0.3 is 0 Å². The van der Waals surface area contributed by atoms with Crippen molar-refractivity contribution in [3.8, 4) is 0 Å². The number of anilines is 1. The minimum atomic E-state index is -0.823. The monoisotopic (exact) mass is 412 g/mol. The highest BCUT2D eigenvalue weighted by Gasteiger charge is 2.59. The van der Waals surface area contributed by atoms with Crippen LogP contribution in [0, 0.1) is 0 Å². The Kier molecular flexibility index (Phi) is 3.86. The van der Waals surface area contributed by atoms with E-state index in [0.717, 1.165) is 16.8 Å². The van der Waals surface area contributed by atoms with Crippen LogP contribution in [-0.2, 0) is 17.3 Å². The van der Waals surface area contributed by atoms with Gasteiger partial charge in [0.1, 0.15) is 5.41 Å². The highest BCUT2D eigenvalue weighted by Crippen LogP contribution is 2.55. The quantitative estimate of drug-likeness (QED) is 0.699. The summed E-state index contributed by atoms with van der Waals surface area (Å²) in [6.45, 7) is 0.482. The van der Waals surface area contributed by atoms with Gasteiger partial charge in [-0.2, -0.15) is 5.10 Å². The van der Waals surface area contributed by atoms with Gasteiger partial charge in [-0.3, -0.25) is 14.3 Å². The van der Waals surface area contributed by atoms with Crippen LogP contribution in [0.1, 0.15) is 33.3 Å². The third-order valence-electron chi connectivity index (χ3n) is 5.67. The molecule has 2 aliphatic heterocycles. The first-order valence-corrected chi connectivity index (χ1v) is 10.2. The number of fused-ring (bicyclic) bond motifs is 2. The molecule has 6 nitrogen and oxygen atoms in total. The molecule has 0 bridgehead atoms. The van der Waals surface area contributed by atoms with E-state index < -0.39 is 11.5 Å². The molecule has 28 heavy (non-hydrogen) atoms. The van der Waals surface area contributed by atoms with Gasteiger partial charge in [-0.25, -0.2) is 0 Å². The molecule has 0 aliphatic carbocycles. The van der Waals surface area contributed by atoms with Gasteiger partial charge < -0.3 is 10.2 Å². The molecule has 1 fully saturated rings. The van der Waals surface area contributed by atoms with Crippen LogP contribution in [0.25, 0.3) is 0 Å². The van der Waals surface area contributed by atoms with Gasteiger partial charge in [0.25, 0.3) is 5.91 Å². The molecule has 1 N–H and O–H groups in total. The predicted octanol–water partition coefficient (Wildman–Crippen LogP) is 3.61. The fourth-order valence-corrected chi connectivity index (χ4v) is 5.52. The zero-order valence-electron chi connectivity index (χ0n) is 15.1. The number of benzene rings is 1. The number of likely N-dealkylation sites (tertiary alicyclic amines) is 1. The molecular formula is C20H17ClN4O2S. The molecule has 1 saturated heterocycles. The van der Waals surface area contributed by atoms with Gasteiger partial charge in [-0.15, -0.1) is 11.3 Å². The first kappa shape index (κ1) is 17.5. The molecule has 142 valence electrons. The maximum absolute atomic E-state index is 13.3. The van der Waals surface area contributed by atoms with Crippen molar-refractivity contribution in [1.82, 2.24) is 14.7 Å². The van der Waals surface area contributed by atoms with Crippen molar-refractivity contribution in [1.29, 1.82) is 0 Å². The summed E-state index contributed by atoms with van der Waals surface area (Å²) in [5.41, 5.74) is 1.78. The second kappa shape index (κ2) is 6.18. The average molecular weight is 413 g/mol. The summed E-state index contributed by atoms with van der Waals surface area (Å²) < 4.78 is 2.27. The Morgan fingerprint density at radius 2 is 2.14 bits per heavy atom. The summed E-state index contributed by atoms with van der Waals surface area (Å²) in [5.74, 6) is -0.179. The third-order valence-corrected chi connectivity index (χ3v) is 6.89. The van der Waals surface area contributed by atoms with Crippen molar-refractivity contribution in [2.75, 3.05) is 11.9 Å². The lowest BCUT2D eigenvalue weighted by Gasteiger charge is -2.33. The first-order chi connectivity index (χ1) is 13.5. The third kappa shape index (κ3) is 2.36. The van der Waals surface area contributed by atoms with Crippen molar-refractivity contribution in [2.24, 2.45) is 7.05 Å². The van der Waals surface area contributed by atoms with Gasteiger partial charge in [0.15, 0.2) is 0 Å². The van der Waals surface area contributed by atoms with Crippen LogP contribution in [0.15, 0.2) is 48.8 Å². The summed E-state index contributed by atoms with van der Waals surface area (Å²) in [6.07, 6.45) is 4.18. The first-order valence-electron chi connectivity index (χ1n) is 8.96. The van der Waals surface area contributed by atoms with Gasteiger partial charge in [0.2, 0.25) is 5.91 Å². The molecule has 1 aromatic carbocycles. The number of amides is 2. The van der Waals surface area contributed by atoms with Gasteiger partial charge in [0.05, 0.1) is 21.5 Å². The van der Waals surface area contributed by atoms with Crippen LogP contribution in [-0.4, -0.2) is 33.0 Å². The zero-order valence-corrected chi connectivity index (χ0v) is 16.6. The van der Waals surface area contributed by atoms with Crippen LogP contribution >= 0.6 is 22.9 Å². The maximum atomic E-state index is 13.3. The molecule has 2 aromatic heterocycles. The number of halogens is 1. The Hall–Kier alpha value is -2.64. The van der Waals surface area contributed by atoms with E-state index in [0.29, 0.717) is 22.2 Å². The summed E-state index contributed by atoms with van der Waals surface area (Å²) in [7, 11) is 1.83. The molecule has 0 unspecified atom stereocenters. The Labute approximate surface area is 170 Å². The molecule has 0 saturated carbocycles. The minimum Gasteiger partial charge on any atom is -0.329 e. The van der Waals surface area contributed by atoms with Crippen molar-refractivity contribution >= 4 is 40.4 Å². The fraction of sp³-hybridized carbons (Fsp3) is 0.250. The largest absolute Gasteiger partial charge is 0.329 e. The van der Waals surface area contributed by atoms with E-state index in [1.165, 1.54) is 11.3 Å². The lowest BCUT2D eigenvalue weighted by molar-refractivity contribution is -0.121. The van der Waals surface area contributed by atoms with Gasteiger partial charge in [-0.05, 0) is 30.2 Å². The molecular weight excluding hydrogens is 396 g/mol. The Morgan fingerprint density at radius 3 is 2.86 bits per heavy atom. The van der Waals surface area contributed by atoms with Gasteiger partial charge in [-0.1, -0.05) is 29.8 Å². The molecule has 5 rings (SSSR count). The summed E-state index contributed by atoms with van der Waals surface area (Å²) >= 11 is 7.30. The number of thiophene rings is 1. The zero-order chi connectivity index (χ0) is 19.5. The maximum Gasteiger partial charge on any atom is 0.264 e. The number of aromatic nitrogens is 2. The highest BCUT2D eigenvalue weighted by atomic mass is 35.5. The number of rotatable bonds is 2. The number of nitrogens with one attached hydrogen (secondary N) is 1. The number of nitrogens with zero attached hydrogens (tertiary/aromatic N) is 3. The summed E-state index contributed by atoms with van der Waals surface area (Å²) in [5, 5.41) is 7.31. The van der Waals surface area contributed by atoms with Crippen molar-refractivity contribution in [2.45, 2.75) is 17.9 Å². The predicted molar refractivity (Wildman–Crippen MR) is 108 cm³/mol. The van der Waals surface area contributed by atoms with Crippen molar-refractivity contribution in [3.05, 3.63) is 69.1 Å². The Bertz CT molecular complexity index is 1110. The molecule has 2 amide bonds. The van der Waals surface area contributed by atoms with Crippen LogP contribution in [0.3, 0.4) is 0 Å². The van der Waals surface area contributed by atoms with Crippen LogP contribution in [0.5, 0.6) is 0 Å². The SMILES string of the molecule is Cn1cc([C@@H]2N(C(=O)c3ccc(Cl)s3)CC[C@]23C(=O)Nc2ccccc23)cn1. The van der Waals surface area contributed by atoms with E-state index >= 15 is 0 Å². The van der Waals surface area contributed by atoms with E-state index in [-0.39, 0.29) is 11.8 Å². The average Bonchev–Trinajstić information content (AvgIpc) is 3.43. The summed E-state index contributed by atoms with van der Waals surface area (Å²) in [6, 6.07) is 10.8. The number of para-hydroxylation sites is 1. The molecule has 8 heteroatoms. The minimum absolute atomic E-state index is 0.0675. The smallest absolute Gasteiger partial charge is 0.264 e. The Balaban J connectivity index is 1.67. The number of aryl methyl sites for hydroxylation is 1. The van der Waals surface area contributed by atoms with Crippen molar-refractivity contribution < 1.29 is 9.59 Å². The Morgan fingerprint density at radius 1 is 1.32 bits per heavy atom. The van der Waals surface area contributed by atoms with E-state index in [9.17, 15) is 9.59 Å². The standard InChI is InChI=1S/C20H17ClN4O2S/c1-24-11-12(10-22-24)17-20(13-4-2-3-5-14(13)23-19(20)27)8-9-25(17)18(26)15-6-7-16(21)28-15/h2-7,10-11,17H,8-9H2,1H3,(H,23,27)/t17-,20+/m0/s1. The highest BCUT2D eigenvalue weighted by molar-refractivity contribution is 7.17. The molecule has 3 aromatic rings. The lowest BCUT2D eigenvalue weighted by atomic mass is 9.73. The van der Waals surface area contributed by atoms with Crippen molar-refractivity contribution in [3.63, 3.8) is 0 Å². The van der Waals surface area contributed by atoms with E-state index in [4.69, 9.17) is 11.6 Å². The summed E-state index contributed by atoms with van der Waals surface area (Å²) in [4.78, 5) is 29.0. The van der Waals surface area contributed by atoms with E-state index in [1.54, 1.807) is 27.9 Å². The fourth-order valence-electron chi connectivity index (χ4n) is 4.52. The molecule has 0 radical (unpaired) electrons. The van der Waals surface area contributed by atoms with Gasteiger partial charge in [0, 0.05) is 31.0 Å². The molecule has 1 spiro atoms. The topological polar surface area (TPSA) is 67.2 Å². The van der Waals surface area contributed by atoms with E-state index in [2.05, 4.69) is 10.4 Å². The van der Waals surface area contributed by atoms with Crippen LogP contribution < -0.4 is 5.32 Å². The molecule has 4 heterocycles. The van der Waals surface area contributed by atoms with Crippen LogP contribution in [0.2, 0.25) is 4.34 Å². The lowest BCUT2D eigenvalue weighted by Crippen LogP contribution is -2.42. The second-order valence-electron chi connectivity index (χ2n) is 7.17. The molecule has 2 atom stereocenters.